The van der Waals surface area contributed by atoms with E-state index in [9.17, 15) is 0 Å². The van der Waals surface area contributed by atoms with Gasteiger partial charge in [0.1, 0.15) is 0 Å². The summed E-state index contributed by atoms with van der Waals surface area (Å²) in [5.74, 6) is 0. The van der Waals surface area contributed by atoms with Gasteiger partial charge in [-0.15, -0.1) is 0 Å². The number of rotatable bonds is 1. The molecule has 0 aliphatic carbocycles. The van der Waals surface area contributed by atoms with Gasteiger partial charge in [0.05, 0.1) is 11.7 Å². The van der Waals surface area contributed by atoms with Gasteiger partial charge in [0.2, 0.25) is 0 Å². The highest BCUT2D eigenvalue weighted by atomic mass is 35.5. The van der Waals surface area contributed by atoms with E-state index in [4.69, 9.17) is 23.2 Å². The minimum absolute atomic E-state index is 0.670. The van der Waals surface area contributed by atoms with Crippen molar-refractivity contribution in [2.24, 2.45) is 0 Å². The van der Waals surface area contributed by atoms with Crippen molar-refractivity contribution in [2.45, 2.75) is 0 Å². The highest BCUT2D eigenvalue weighted by Crippen LogP contribution is 2.32. The van der Waals surface area contributed by atoms with Gasteiger partial charge in [-0.1, -0.05) is 41.4 Å². The SMILES string of the molecule is Clc1ccc2nncc(-c3ccccc3Cl)c2c1. The Kier molecular flexibility index (Phi) is 2.90. The Morgan fingerprint density at radius 3 is 2.56 bits per heavy atom. The lowest BCUT2D eigenvalue weighted by atomic mass is 10.0. The Morgan fingerprint density at radius 1 is 0.889 bits per heavy atom. The molecule has 0 aliphatic rings. The lowest BCUT2D eigenvalue weighted by molar-refractivity contribution is 1.08. The molecule has 0 atom stereocenters. The van der Waals surface area contributed by atoms with Gasteiger partial charge in [0.25, 0.3) is 0 Å². The van der Waals surface area contributed by atoms with E-state index < -0.39 is 0 Å². The van der Waals surface area contributed by atoms with Crippen LogP contribution < -0.4 is 0 Å². The summed E-state index contributed by atoms with van der Waals surface area (Å²) >= 11 is 12.3. The molecule has 3 aromatic rings. The molecule has 0 unspecified atom stereocenters. The molecule has 0 aliphatic heterocycles. The second kappa shape index (κ2) is 4.56. The van der Waals surface area contributed by atoms with Gasteiger partial charge in [-0.2, -0.15) is 10.2 Å². The van der Waals surface area contributed by atoms with E-state index in [1.807, 2.05) is 36.4 Å². The lowest BCUT2D eigenvalue weighted by Crippen LogP contribution is -1.88. The van der Waals surface area contributed by atoms with Gasteiger partial charge in [-0.3, -0.25) is 0 Å². The van der Waals surface area contributed by atoms with Gasteiger partial charge >= 0.3 is 0 Å². The average molecular weight is 275 g/mol. The van der Waals surface area contributed by atoms with Gasteiger partial charge in [0.15, 0.2) is 0 Å². The summed E-state index contributed by atoms with van der Waals surface area (Å²) in [4.78, 5) is 0. The van der Waals surface area contributed by atoms with E-state index in [2.05, 4.69) is 10.2 Å². The van der Waals surface area contributed by atoms with Crippen molar-refractivity contribution in [3.8, 4) is 11.1 Å². The first-order chi connectivity index (χ1) is 8.75. The molecule has 0 spiro atoms. The molecule has 4 heteroatoms. The Bertz CT molecular complexity index is 726. The zero-order chi connectivity index (χ0) is 12.5. The molecular weight excluding hydrogens is 267 g/mol. The van der Waals surface area contributed by atoms with Crippen LogP contribution in [-0.2, 0) is 0 Å². The predicted octanol–water partition coefficient (Wildman–Crippen LogP) is 4.60. The molecule has 0 radical (unpaired) electrons. The van der Waals surface area contributed by atoms with Crippen LogP contribution in [0, 0.1) is 0 Å². The third-order valence-electron chi connectivity index (χ3n) is 2.77. The number of hydrogen-bond donors (Lipinski definition) is 0. The second-order valence-electron chi connectivity index (χ2n) is 3.90. The van der Waals surface area contributed by atoms with Crippen LogP contribution in [0.1, 0.15) is 0 Å². The molecule has 3 rings (SSSR count). The Morgan fingerprint density at radius 2 is 1.72 bits per heavy atom. The maximum Gasteiger partial charge on any atom is 0.0936 e. The molecule has 88 valence electrons. The first-order valence-electron chi connectivity index (χ1n) is 5.41. The minimum Gasteiger partial charge on any atom is -0.158 e. The Balaban J connectivity index is 2.36. The molecular formula is C14H8Cl2N2. The van der Waals surface area contributed by atoms with Crippen LogP contribution in [0.4, 0.5) is 0 Å². The summed E-state index contributed by atoms with van der Waals surface area (Å²) < 4.78 is 0. The first-order valence-corrected chi connectivity index (χ1v) is 6.17. The number of benzene rings is 2. The minimum atomic E-state index is 0.670. The van der Waals surface area contributed by atoms with Crippen LogP contribution in [-0.4, -0.2) is 10.2 Å². The topological polar surface area (TPSA) is 25.8 Å². The molecule has 1 heterocycles. The smallest absolute Gasteiger partial charge is 0.0936 e. The van der Waals surface area contributed by atoms with Crippen LogP contribution in [0.25, 0.3) is 22.0 Å². The third-order valence-corrected chi connectivity index (χ3v) is 3.33. The van der Waals surface area contributed by atoms with E-state index in [1.165, 1.54) is 0 Å². The number of hydrogen-bond acceptors (Lipinski definition) is 2. The fraction of sp³-hybridized carbons (Fsp3) is 0. The summed E-state index contributed by atoms with van der Waals surface area (Å²) in [5.41, 5.74) is 2.67. The van der Waals surface area contributed by atoms with Crippen molar-refractivity contribution < 1.29 is 0 Å². The number of nitrogens with zero attached hydrogens (tertiary/aromatic N) is 2. The van der Waals surface area contributed by atoms with Crippen molar-refractivity contribution in [3.05, 3.63) is 58.7 Å². The van der Waals surface area contributed by atoms with E-state index in [0.717, 1.165) is 22.0 Å². The summed E-state index contributed by atoms with van der Waals surface area (Å²) in [7, 11) is 0. The maximum atomic E-state index is 6.22. The second-order valence-corrected chi connectivity index (χ2v) is 4.74. The van der Waals surface area contributed by atoms with Crippen molar-refractivity contribution in [1.29, 1.82) is 0 Å². The van der Waals surface area contributed by atoms with Gasteiger partial charge in [-0.05, 0) is 24.3 Å². The van der Waals surface area contributed by atoms with E-state index in [1.54, 1.807) is 12.3 Å². The molecule has 0 saturated heterocycles. The number of fused-ring (bicyclic) bond motifs is 1. The van der Waals surface area contributed by atoms with E-state index in [-0.39, 0.29) is 0 Å². The highest BCUT2D eigenvalue weighted by Gasteiger charge is 2.08. The third kappa shape index (κ3) is 1.94. The summed E-state index contributed by atoms with van der Waals surface area (Å²) in [6, 6.07) is 13.2. The molecule has 0 fully saturated rings. The normalized spacial score (nSPS) is 10.8. The van der Waals surface area contributed by atoms with Crippen LogP contribution in [0.5, 0.6) is 0 Å². The van der Waals surface area contributed by atoms with Crippen LogP contribution in [0.2, 0.25) is 10.0 Å². The van der Waals surface area contributed by atoms with Crippen LogP contribution >= 0.6 is 23.2 Å². The maximum absolute atomic E-state index is 6.22. The van der Waals surface area contributed by atoms with Crippen LogP contribution in [0.15, 0.2) is 48.7 Å². The van der Waals surface area contributed by atoms with Crippen molar-refractivity contribution >= 4 is 34.1 Å². The molecule has 0 amide bonds. The molecule has 1 aromatic heterocycles. The standard InChI is InChI=1S/C14H8Cl2N2/c15-9-5-6-14-11(7-9)12(8-17-18-14)10-3-1-2-4-13(10)16/h1-8H. The molecule has 0 saturated carbocycles. The summed E-state index contributed by atoms with van der Waals surface area (Å²) in [6.45, 7) is 0. The Labute approximate surface area is 114 Å². The fourth-order valence-corrected chi connectivity index (χ4v) is 2.33. The molecule has 2 aromatic carbocycles. The summed E-state index contributed by atoms with van der Waals surface area (Å²) in [5, 5.41) is 10.4. The van der Waals surface area contributed by atoms with Crippen molar-refractivity contribution in [3.63, 3.8) is 0 Å². The first kappa shape index (κ1) is 11.5. The monoisotopic (exact) mass is 274 g/mol. The Hall–Kier alpha value is -1.64. The summed E-state index contributed by atoms with van der Waals surface area (Å²) in [6.07, 6.45) is 1.71. The predicted molar refractivity (Wildman–Crippen MR) is 75.0 cm³/mol. The van der Waals surface area contributed by atoms with Gasteiger partial charge in [0, 0.05) is 26.6 Å². The zero-order valence-corrected chi connectivity index (χ0v) is 10.8. The molecule has 2 nitrogen and oxygen atoms in total. The lowest BCUT2D eigenvalue weighted by Gasteiger charge is -2.07. The molecule has 0 N–H and O–H groups in total. The number of halogens is 2. The fourth-order valence-electron chi connectivity index (χ4n) is 1.92. The molecule has 0 bridgehead atoms. The van der Waals surface area contributed by atoms with E-state index >= 15 is 0 Å². The molecule has 18 heavy (non-hydrogen) atoms. The zero-order valence-electron chi connectivity index (χ0n) is 9.27. The number of aromatic nitrogens is 2. The van der Waals surface area contributed by atoms with Gasteiger partial charge < -0.3 is 0 Å². The van der Waals surface area contributed by atoms with E-state index in [0.29, 0.717) is 10.0 Å². The quantitative estimate of drug-likeness (QED) is 0.648. The van der Waals surface area contributed by atoms with Crippen molar-refractivity contribution in [2.75, 3.05) is 0 Å². The van der Waals surface area contributed by atoms with Gasteiger partial charge in [-0.25, -0.2) is 0 Å². The largest absolute Gasteiger partial charge is 0.158 e. The van der Waals surface area contributed by atoms with Crippen molar-refractivity contribution in [1.82, 2.24) is 10.2 Å². The average Bonchev–Trinajstić information content (AvgIpc) is 2.39. The van der Waals surface area contributed by atoms with Crippen LogP contribution in [0.3, 0.4) is 0 Å². The highest BCUT2D eigenvalue weighted by molar-refractivity contribution is 6.34.